The lowest BCUT2D eigenvalue weighted by atomic mass is 10.2. The first-order valence-electron chi connectivity index (χ1n) is 9.43. The standard InChI is InChI=1S/C20H24ClN3O5S/c1-28-12-9-22-30(26,27)16-7-5-15(6-8-16)20(25)23-18-4-2-3-17(21)19(18)24-10-13-29-14-11-24/h2-8,22H,9-14H2,1H3,(H,23,25). The highest BCUT2D eigenvalue weighted by atomic mass is 35.5. The molecule has 1 amide bonds. The Balaban J connectivity index is 1.75. The van der Waals surface area contributed by atoms with Crippen LogP contribution in [0.5, 0.6) is 0 Å². The number of rotatable bonds is 8. The van der Waals surface area contributed by atoms with Gasteiger partial charge in [-0.25, -0.2) is 13.1 Å². The number of para-hydroxylation sites is 1. The van der Waals surface area contributed by atoms with E-state index in [1.54, 1.807) is 18.2 Å². The van der Waals surface area contributed by atoms with Gasteiger partial charge in [0.15, 0.2) is 0 Å². The van der Waals surface area contributed by atoms with E-state index in [2.05, 4.69) is 14.9 Å². The minimum atomic E-state index is -3.66. The van der Waals surface area contributed by atoms with E-state index in [1.165, 1.54) is 31.4 Å². The van der Waals surface area contributed by atoms with Gasteiger partial charge in [0.25, 0.3) is 5.91 Å². The lowest BCUT2D eigenvalue weighted by molar-refractivity contribution is 0.102. The number of carbonyl (C=O) groups excluding carboxylic acids is 1. The number of hydrogen-bond donors (Lipinski definition) is 2. The third-order valence-corrected chi connectivity index (χ3v) is 6.37. The zero-order valence-electron chi connectivity index (χ0n) is 16.6. The monoisotopic (exact) mass is 453 g/mol. The molecule has 0 bridgehead atoms. The minimum absolute atomic E-state index is 0.0758. The molecule has 2 aromatic carbocycles. The average molecular weight is 454 g/mol. The van der Waals surface area contributed by atoms with Crippen LogP contribution in [0.1, 0.15) is 10.4 Å². The molecule has 0 atom stereocenters. The number of ether oxygens (including phenoxy) is 2. The number of morpholine rings is 1. The van der Waals surface area contributed by atoms with Gasteiger partial charge in [0.2, 0.25) is 10.0 Å². The molecule has 1 heterocycles. The van der Waals surface area contributed by atoms with Crippen molar-refractivity contribution in [3.8, 4) is 0 Å². The van der Waals surface area contributed by atoms with Gasteiger partial charge in [0.1, 0.15) is 0 Å². The summed E-state index contributed by atoms with van der Waals surface area (Å²) in [6.45, 7) is 2.97. The number of carbonyl (C=O) groups is 1. The van der Waals surface area contributed by atoms with E-state index in [0.29, 0.717) is 42.6 Å². The van der Waals surface area contributed by atoms with Crippen LogP contribution in [0.25, 0.3) is 0 Å². The van der Waals surface area contributed by atoms with Gasteiger partial charge in [-0.1, -0.05) is 17.7 Å². The topological polar surface area (TPSA) is 97.0 Å². The number of nitrogens with one attached hydrogen (secondary N) is 2. The number of nitrogens with zero attached hydrogens (tertiary/aromatic N) is 1. The van der Waals surface area contributed by atoms with Crippen molar-refractivity contribution in [3.63, 3.8) is 0 Å². The van der Waals surface area contributed by atoms with Gasteiger partial charge in [-0.2, -0.15) is 0 Å². The van der Waals surface area contributed by atoms with E-state index < -0.39 is 10.0 Å². The molecular formula is C20H24ClN3O5S. The van der Waals surface area contributed by atoms with E-state index in [1.807, 2.05) is 0 Å². The van der Waals surface area contributed by atoms with Gasteiger partial charge in [-0.05, 0) is 36.4 Å². The molecule has 8 nitrogen and oxygen atoms in total. The van der Waals surface area contributed by atoms with Crippen LogP contribution in [0.15, 0.2) is 47.4 Å². The number of halogens is 1. The second-order valence-corrected chi connectivity index (χ2v) is 8.78. The van der Waals surface area contributed by atoms with Crippen molar-refractivity contribution in [2.75, 3.05) is 56.8 Å². The molecule has 0 aromatic heterocycles. The second-order valence-electron chi connectivity index (χ2n) is 6.60. The largest absolute Gasteiger partial charge is 0.383 e. The zero-order chi connectivity index (χ0) is 21.6. The maximum Gasteiger partial charge on any atom is 0.255 e. The number of methoxy groups -OCH3 is 1. The molecular weight excluding hydrogens is 430 g/mol. The molecule has 0 spiro atoms. The summed E-state index contributed by atoms with van der Waals surface area (Å²) in [5.74, 6) is -0.358. The van der Waals surface area contributed by atoms with Crippen LogP contribution < -0.4 is 14.9 Å². The van der Waals surface area contributed by atoms with Crippen LogP contribution in [-0.2, 0) is 19.5 Å². The van der Waals surface area contributed by atoms with E-state index in [-0.39, 0.29) is 24.0 Å². The number of anilines is 2. The van der Waals surface area contributed by atoms with Crippen molar-refractivity contribution in [1.29, 1.82) is 0 Å². The lowest BCUT2D eigenvalue weighted by Crippen LogP contribution is -2.37. The van der Waals surface area contributed by atoms with Gasteiger partial charge in [-0.3, -0.25) is 4.79 Å². The average Bonchev–Trinajstić information content (AvgIpc) is 2.75. The smallest absolute Gasteiger partial charge is 0.255 e. The fourth-order valence-electron chi connectivity index (χ4n) is 3.07. The van der Waals surface area contributed by atoms with E-state index in [0.717, 1.165) is 5.69 Å². The molecule has 0 unspecified atom stereocenters. The molecule has 30 heavy (non-hydrogen) atoms. The number of hydrogen-bond acceptors (Lipinski definition) is 6. The summed E-state index contributed by atoms with van der Waals surface area (Å²) in [6, 6.07) is 11.1. The summed E-state index contributed by atoms with van der Waals surface area (Å²) in [4.78, 5) is 14.9. The SMILES string of the molecule is COCCNS(=O)(=O)c1ccc(C(=O)Nc2cccc(Cl)c2N2CCOCC2)cc1. The molecule has 1 aliphatic rings. The Labute approximate surface area is 181 Å². The normalized spacial score (nSPS) is 14.5. The number of benzene rings is 2. The first kappa shape index (κ1) is 22.5. The van der Waals surface area contributed by atoms with Crippen LogP contribution >= 0.6 is 11.6 Å². The van der Waals surface area contributed by atoms with Crippen molar-refractivity contribution in [1.82, 2.24) is 4.72 Å². The van der Waals surface area contributed by atoms with Crippen molar-refractivity contribution < 1.29 is 22.7 Å². The van der Waals surface area contributed by atoms with Crippen LogP contribution in [0.2, 0.25) is 5.02 Å². The van der Waals surface area contributed by atoms with Crippen LogP contribution in [0.4, 0.5) is 11.4 Å². The van der Waals surface area contributed by atoms with Gasteiger partial charge >= 0.3 is 0 Å². The van der Waals surface area contributed by atoms with E-state index in [9.17, 15) is 13.2 Å². The van der Waals surface area contributed by atoms with Gasteiger partial charge < -0.3 is 19.7 Å². The third kappa shape index (κ3) is 5.50. The molecule has 0 saturated carbocycles. The summed E-state index contributed by atoms with van der Waals surface area (Å²) in [7, 11) is -2.17. The van der Waals surface area contributed by atoms with Crippen molar-refractivity contribution in [2.45, 2.75) is 4.90 Å². The Morgan fingerprint density at radius 1 is 1.17 bits per heavy atom. The van der Waals surface area contributed by atoms with Crippen molar-refractivity contribution >= 4 is 38.9 Å². The predicted octanol–water partition coefficient (Wildman–Crippen LogP) is 2.35. The molecule has 1 aliphatic heterocycles. The maximum absolute atomic E-state index is 12.8. The third-order valence-electron chi connectivity index (χ3n) is 4.59. The highest BCUT2D eigenvalue weighted by Gasteiger charge is 2.20. The highest BCUT2D eigenvalue weighted by molar-refractivity contribution is 7.89. The summed E-state index contributed by atoms with van der Waals surface area (Å²) in [5.41, 5.74) is 1.67. The number of sulfonamides is 1. The van der Waals surface area contributed by atoms with Gasteiger partial charge in [0, 0.05) is 32.3 Å². The van der Waals surface area contributed by atoms with Gasteiger partial charge in [0.05, 0.1) is 41.1 Å². The van der Waals surface area contributed by atoms with E-state index >= 15 is 0 Å². The molecule has 3 rings (SSSR count). The summed E-state index contributed by atoms with van der Waals surface area (Å²) in [6.07, 6.45) is 0. The molecule has 1 fully saturated rings. The Kier molecular flexibility index (Phi) is 7.68. The minimum Gasteiger partial charge on any atom is -0.383 e. The van der Waals surface area contributed by atoms with Crippen LogP contribution in [0.3, 0.4) is 0 Å². The molecule has 10 heteroatoms. The summed E-state index contributed by atoms with van der Waals surface area (Å²) >= 11 is 6.40. The predicted molar refractivity (Wildman–Crippen MR) is 116 cm³/mol. The lowest BCUT2D eigenvalue weighted by Gasteiger charge is -2.31. The Hall–Kier alpha value is -2.17. The number of amides is 1. The van der Waals surface area contributed by atoms with Crippen molar-refractivity contribution in [2.24, 2.45) is 0 Å². The second kappa shape index (κ2) is 10.2. The fraction of sp³-hybridized carbons (Fsp3) is 0.350. The Morgan fingerprint density at radius 3 is 2.53 bits per heavy atom. The molecule has 0 aliphatic carbocycles. The molecule has 1 saturated heterocycles. The maximum atomic E-state index is 12.8. The fourth-order valence-corrected chi connectivity index (χ4v) is 4.37. The Bertz CT molecular complexity index is 976. The Morgan fingerprint density at radius 2 is 1.87 bits per heavy atom. The zero-order valence-corrected chi connectivity index (χ0v) is 18.1. The molecule has 0 radical (unpaired) electrons. The first-order valence-corrected chi connectivity index (χ1v) is 11.3. The van der Waals surface area contributed by atoms with Crippen LogP contribution in [-0.4, -0.2) is 60.9 Å². The molecule has 2 N–H and O–H groups in total. The highest BCUT2D eigenvalue weighted by Crippen LogP contribution is 2.34. The van der Waals surface area contributed by atoms with Gasteiger partial charge in [-0.15, -0.1) is 0 Å². The summed E-state index contributed by atoms with van der Waals surface area (Å²) in [5, 5.41) is 3.42. The molecule has 2 aromatic rings. The van der Waals surface area contributed by atoms with Crippen molar-refractivity contribution in [3.05, 3.63) is 53.1 Å². The first-order chi connectivity index (χ1) is 14.4. The quantitative estimate of drug-likeness (QED) is 0.595. The molecule has 162 valence electrons. The summed E-state index contributed by atoms with van der Waals surface area (Å²) < 4.78 is 37.1. The van der Waals surface area contributed by atoms with E-state index in [4.69, 9.17) is 21.1 Å². The van der Waals surface area contributed by atoms with Crippen LogP contribution in [0, 0.1) is 0 Å².